The van der Waals surface area contributed by atoms with Crippen molar-refractivity contribution in [3.8, 4) is 0 Å². The molecular weight excluding hydrogens is 210 g/mol. The highest BCUT2D eigenvalue weighted by molar-refractivity contribution is 6.33. The molecule has 0 bridgehead atoms. The Morgan fingerprint density at radius 1 is 1.47 bits per heavy atom. The molecule has 0 aromatic heterocycles. The van der Waals surface area contributed by atoms with E-state index in [9.17, 15) is 0 Å². The van der Waals surface area contributed by atoms with Crippen LogP contribution in [-0.2, 0) is 0 Å². The summed E-state index contributed by atoms with van der Waals surface area (Å²) >= 11 is 6.28. The first-order chi connectivity index (χ1) is 7.23. The van der Waals surface area contributed by atoms with Crippen molar-refractivity contribution in [1.29, 1.82) is 0 Å². The summed E-state index contributed by atoms with van der Waals surface area (Å²) in [4.78, 5) is 4.35. The Bertz CT molecular complexity index is 482. The molecule has 0 amide bonds. The van der Waals surface area contributed by atoms with E-state index < -0.39 is 5.54 Å². The molecule has 3 N–H and O–H groups in total. The smallest absolute Gasteiger partial charge is 0.142 e. The number of allylic oxidation sites excluding steroid dienone is 3. The van der Waals surface area contributed by atoms with Crippen molar-refractivity contribution in [2.45, 2.75) is 12.0 Å². The van der Waals surface area contributed by atoms with Gasteiger partial charge in [0, 0.05) is 6.21 Å². The van der Waals surface area contributed by atoms with Crippen LogP contribution in [0.25, 0.3) is 0 Å². The summed E-state index contributed by atoms with van der Waals surface area (Å²) in [6.45, 7) is 0. The number of halogens is 1. The predicted molar refractivity (Wildman–Crippen MR) is 61.3 cm³/mol. The van der Waals surface area contributed by atoms with Crippen LogP contribution in [-0.4, -0.2) is 11.8 Å². The van der Waals surface area contributed by atoms with E-state index in [1.54, 1.807) is 12.3 Å². The number of hydrogen-bond donors (Lipinski definition) is 2. The minimum Gasteiger partial charge on any atom is -0.385 e. The molecule has 76 valence electrons. The van der Waals surface area contributed by atoms with Crippen LogP contribution in [0.4, 0.5) is 0 Å². The molecule has 0 radical (unpaired) electrons. The van der Waals surface area contributed by atoms with E-state index in [2.05, 4.69) is 22.5 Å². The van der Waals surface area contributed by atoms with E-state index in [0.29, 0.717) is 10.9 Å². The number of hydrogen-bond acceptors (Lipinski definition) is 3. The summed E-state index contributed by atoms with van der Waals surface area (Å²) in [5.74, 6) is 0.637. The van der Waals surface area contributed by atoms with Gasteiger partial charge in [0.1, 0.15) is 5.54 Å². The number of nitrogens with one attached hydrogen (secondary N) is 1. The summed E-state index contributed by atoms with van der Waals surface area (Å²) in [5, 5.41) is 3.92. The Kier molecular flexibility index (Phi) is 1.62. The van der Waals surface area contributed by atoms with Gasteiger partial charge in [0.2, 0.25) is 0 Å². The fraction of sp³-hybridized carbons (Fsp3) is 0.182. The Morgan fingerprint density at radius 2 is 2.33 bits per heavy atom. The highest BCUT2D eigenvalue weighted by Gasteiger charge is 2.46. The number of nitrogens with two attached hydrogens (primary N) is 1. The SMILES string of the molecule is NC1=CC2=CCC=C3N=CC=C(Cl)C23N1. The molecule has 1 unspecified atom stereocenters. The highest BCUT2D eigenvalue weighted by atomic mass is 35.5. The molecule has 3 rings (SSSR count). The molecule has 0 saturated carbocycles. The fourth-order valence-corrected chi connectivity index (χ4v) is 2.56. The number of nitrogens with zero attached hydrogens (tertiary/aromatic N) is 1. The summed E-state index contributed by atoms with van der Waals surface area (Å²) < 4.78 is 0. The maximum Gasteiger partial charge on any atom is 0.142 e. The van der Waals surface area contributed by atoms with E-state index in [1.165, 1.54) is 0 Å². The predicted octanol–water partition coefficient (Wildman–Crippen LogP) is 1.55. The minimum atomic E-state index is -0.501. The van der Waals surface area contributed by atoms with Crippen molar-refractivity contribution < 1.29 is 0 Å². The van der Waals surface area contributed by atoms with Crippen LogP contribution in [0.2, 0.25) is 0 Å². The van der Waals surface area contributed by atoms with E-state index in [-0.39, 0.29) is 0 Å². The lowest BCUT2D eigenvalue weighted by Gasteiger charge is -2.36. The molecule has 1 aliphatic carbocycles. The molecule has 15 heavy (non-hydrogen) atoms. The van der Waals surface area contributed by atoms with Crippen LogP contribution in [0, 0.1) is 0 Å². The second kappa shape index (κ2) is 2.76. The van der Waals surface area contributed by atoms with Gasteiger partial charge in [-0.2, -0.15) is 0 Å². The maximum atomic E-state index is 6.28. The standard InChI is InChI=1S/C11H10ClN3/c12-8-4-5-14-9-3-1-2-7-6-10(13)15-11(7,8)9/h2-6,15H,1,13H2. The van der Waals surface area contributed by atoms with Crippen molar-refractivity contribution in [2.24, 2.45) is 10.7 Å². The van der Waals surface area contributed by atoms with Gasteiger partial charge in [-0.3, -0.25) is 4.99 Å². The zero-order valence-electron chi connectivity index (χ0n) is 8.00. The molecule has 0 fully saturated rings. The third kappa shape index (κ3) is 0.984. The summed E-state index contributed by atoms with van der Waals surface area (Å²) in [6.07, 6.45) is 10.5. The first kappa shape index (κ1) is 8.80. The van der Waals surface area contributed by atoms with Crippen molar-refractivity contribution in [1.82, 2.24) is 5.32 Å². The average molecular weight is 220 g/mol. The fourth-order valence-electron chi connectivity index (χ4n) is 2.25. The van der Waals surface area contributed by atoms with Gasteiger partial charge in [-0.05, 0) is 24.1 Å². The molecule has 0 aromatic rings. The number of aliphatic imine (C=N–C) groups is 1. The lowest BCUT2D eigenvalue weighted by atomic mass is 9.82. The largest absolute Gasteiger partial charge is 0.385 e. The van der Waals surface area contributed by atoms with Crippen molar-refractivity contribution in [2.75, 3.05) is 0 Å². The molecule has 1 spiro atoms. The Labute approximate surface area is 92.7 Å². The molecule has 3 nitrogen and oxygen atoms in total. The zero-order valence-corrected chi connectivity index (χ0v) is 8.75. The van der Waals surface area contributed by atoms with Crippen LogP contribution in [0.15, 0.2) is 51.4 Å². The van der Waals surface area contributed by atoms with Crippen LogP contribution >= 0.6 is 11.6 Å². The molecule has 0 saturated heterocycles. The monoisotopic (exact) mass is 219 g/mol. The third-order valence-electron chi connectivity index (χ3n) is 2.90. The second-order valence-electron chi connectivity index (χ2n) is 3.75. The first-order valence-corrected chi connectivity index (χ1v) is 5.18. The van der Waals surface area contributed by atoms with Crippen LogP contribution in [0.3, 0.4) is 0 Å². The third-order valence-corrected chi connectivity index (χ3v) is 3.31. The lowest BCUT2D eigenvalue weighted by Crippen LogP contribution is -2.47. The van der Waals surface area contributed by atoms with Gasteiger partial charge in [-0.1, -0.05) is 23.8 Å². The van der Waals surface area contributed by atoms with Gasteiger partial charge < -0.3 is 11.1 Å². The Morgan fingerprint density at radius 3 is 3.20 bits per heavy atom. The number of dihydropyridines is 1. The van der Waals surface area contributed by atoms with Gasteiger partial charge in [-0.15, -0.1) is 0 Å². The van der Waals surface area contributed by atoms with E-state index in [1.807, 2.05) is 6.08 Å². The molecule has 3 aliphatic rings. The van der Waals surface area contributed by atoms with Gasteiger partial charge in [0.05, 0.1) is 16.6 Å². The maximum absolute atomic E-state index is 6.28. The normalized spacial score (nSPS) is 31.8. The minimum absolute atomic E-state index is 0.501. The summed E-state index contributed by atoms with van der Waals surface area (Å²) in [7, 11) is 0. The molecule has 2 aliphatic heterocycles. The highest BCUT2D eigenvalue weighted by Crippen LogP contribution is 2.44. The van der Waals surface area contributed by atoms with Crippen LogP contribution < -0.4 is 11.1 Å². The quantitative estimate of drug-likeness (QED) is 0.650. The van der Waals surface area contributed by atoms with Crippen molar-refractivity contribution in [3.05, 3.63) is 46.4 Å². The van der Waals surface area contributed by atoms with Crippen LogP contribution in [0.1, 0.15) is 6.42 Å². The first-order valence-electron chi connectivity index (χ1n) is 4.80. The number of rotatable bonds is 0. The van der Waals surface area contributed by atoms with Crippen molar-refractivity contribution >= 4 is 17.8 Å². The van der Waals surface area contributed by atoms with Crippen molar-refractivity contribution in [3.63, 3.8) is 0 Å². The summed E-state index contributed by atoms with van der Waals surface area (Å²) in [6, 6.07) is 0. The van der Waals surface area contributed by atoms with Gasteiger partial charge in [0.15, 0.2) is 0 Å². The second-order valence-corrected chi connectivity index (χ2v) is 4.16. The molecule has 0 aromatic carbocycles. The van der Waals surface area contributed by atoms with Crippen LogP contribution in [0.5, 0.6) is 0 Å². The topological polar surface area (TPSA) is 50.4 Å². The van der Waals surface area contributed by atoms with Gasteiger partial charge >= 0.3 is 0 Å². The van der Waals surface area contributed by atoms with E-state index in [0.717, 1.165) is 17.7 Å². The average Bonchev–Trinajstić information content (AvgIpc) is 2.54. The van der Waals surface area contributed by atoms with Gasteiger partial charge in [-0.25, -0.2) is 0 Å². The Balaban J connectivity index is 2.21. The zero-order chi connectivity index (χ0) is 10.5. The molecular formula is C11H10ClN3. The molecule has 2 heterocycles. The molecule has 4 heteroatoms. The Hall–Kier alpha value is -1.48. The van der Waals surface area contributed by atoms with E-state index >= 15 is 0 Å². The lowest BCUT2D eigenvalue weighted by molar-refractivity contribution is 0.594. The van der Waals surface area contributed by atoms with E-state index in [4.69, 9.17) is 17.3 Å². The molecule has 1 atom stereocenters. The summed E-state index contributed by atoms with van der Waals surface area (Å²) in [5.41, 5.74) is 7.33. The van der Waals surface area contributed by atoms with Gasteiger partial charge in [0.25, 0.3) is 0 Å².